The lowest BCUT2D eigenvalue weighted by molar-refractivity contribution is -0.136. The van der Waals surface area contributed by atoms with E-state index in [9.17, 15) is 9.90 Å². The van der Waals surface area contributed by atoms with Gasteiger partial charge < -0.3 is 24.2 Å². The first kappa shape index (κ1) is 26.0. The molecule has 0 saturated carbocycles. The van der Waals surface area contributed by atoms with Gasteiger partial charge in [0.05, 0.1) is 39.0 Å². The maximum Gasteiger partial charge on any atom is 0.237 e. The Morgan fingerprint density at radius 1 is 1.32 bits per heavy atom. The summed E-state index contributed by atoms with van der Waals surface area (Å²) >= 11 is 1.72. The molecule has 34 heavy (non-hydrogen) atoms. The van der Waals surface area contributed by atoms with Crippen LogP contribution in [0.4, 0.5) is 0 Å². The van der Waals surface area contributed by atoms with Crippen LogP contribution in [-0.2, 0) is 16.0 Å². The van der Waals surface area contributed by atoms with Gasteiger partial charge in [-0.3, -0.25) is 9.69 Å². The predicted octanol–water partition coefficient (Wildman–Crippen LogP) is 3.31. The summed E-state index contributed by atoms with van der Waals surface area (Å²) in [6, 6.07) is 9.37. The van der Waals surface area contributed by atoms with Crippen molar-refractivity contribution in [2.45, 2.75) is 18.6 Å². The van der Waals surface area contributed by atoms with Crippen molar-refractivity contribution in [3.05, 3.63) is 71.5 Å². The molecule has 8 heteroatoms. The molecule has 184 valence electrons. The number of carbonyl (C=O) groups excluding carboxylic acids is 1. The maximum atomic E-state index is 13.4. The number of hydrogen-bond donors (Lipinski definition) is 1. The van der Waals surface area contributed by atoms with Gasteiger partial charge in [0.1, 0.15) is 18.1 Å². The van der Waals surface area contributed by atoms with Crippen LogP contribution in [0.2, 0.25) is 0 Å². The van der Waals surface area contributed by atoms with Crippen LogP contribution in [0.1, 0.15) is 16.5 Å². The van der Waals surface area contributed by atoms with Crippen molar-refractivity contribution >= 4 is 17.2 Å². The van der Waals surface area contributed by atoms with Crippen LogP contribution in [0.3, 0.4) is 0 Å². The summed E-state index contributed by atoms with van der Waals surface area (Å²) in [7, 11) is 1.62. The zero-order valence-corrected chi connectivity index (χ0v) is 20.5. The third-order valence-electron chi connectivity index (χ3n) is 5.63. The van der Waals surface area contributed by atoms with E-state index in [0.717, 1.165) is 17.7 Å². The summed E-state index contributed by atoms with van der Waals surface area (Å²) in [5.41, 5.74) is 1.14. The van der Waals surface area contributed by atoms with Crippen LogP contribution in [0, 0.1) is 0 Å². The molecule has 1 aromatic heterocycles. The lowest BCUT2D eigenvalue weighted by Gasteiger charge is -2.37. The number of aliphatic hydroxyl groups is 1. The van der Waals surface area contributed by atoms with E-state index in [2.05, 4.69) is 24.6 Å². The molecule has 1 amide bonds. The second-order valence-electron chi connectivity index (χ2n) is 8.10. The summed E-state index contributed by atoms with van der Waals surface area (Å²) in [6.45, 7) is 9.94. The first-order chi connectivity index (χ1) is 16.5. The molecule has 1 aromatic carbocycles. The molecule has 0 saturated heterocycles. The summed E-state index contributed by atoms with van der Waals surface area (Å²) in [4.78, 5) is 18.5. The van der Waals surface area contributed by atoms with Gasteiger partial charge in [-0.05, 0) is 35.6 Å². The molecular formula is C26H34N2O5S. The van der Waals surface area contributed by atoms with Crippen molar-refractivity contribution in [2.24, 2.45) is 0 Å². The molecule has 1 aliphatic rings. The fraction of sp³-hybridized carbons (Fsp3) is 0.423. The van der Waals surface area contributed by atoms with Crippen LogP contribution in [0.25, 0.3) is 0 Å². The van der Waals surface area contributed by atoms with Crippen molar-refractivity contribution in [1.29, 1.82) is 0 Å². The Morgan fingerprint density at radius 3 is 2.91 bits per heavy atom. The number of methoxy groups -OCH3 is 1. The van der Waals surface area contributed by atoms with E-state index < -0.39 is 6.10 Å². The number of benzene rings is 1. The first-order valence-electron chi connectivity index (χ1n) is 11.4. The van der Waals surface area contributed by atoms with Gasteiger partial charge in [0.2, 0.25) is 5.91 Å². The Hall–Kier alpha value is -2.65. The van der Waals surface area contributed by atoms with Crippen molar-refractivity contribution in [2.75, 3.05) is 53.1 Å². The van der Waals surface area contributed by atoms with E-state index in [-0.39, 0.29) is 25.1 Å². The van der Waals surface area contributed by atoms with Crippen molar-refractivity contribution in [3.8, 4) is 11.5 Å². The van der Waals surface area contributed by atoms with Crippen LogP contribution >= 0.6 is 11.3 Å². The molecule has 2 aromatic rings. The molecule has 0 bridgehead atoms. The Labute approximate surface area is 205 Å². The molecule has 7 nitrogen and oxygen atoms in total. The number of amides is 1. The topological polar surface area (TPSA) is 71.5 Å². The van der Waals surface area contributed by atoms with Gasteiger partial charge in [-0.15, -0.1) is 24.5 Å². The van der Waals surface area contributed by atoms with Crippen molar-refractivity contribution in [3.63, 3.8) is 0 Å². The summed E-state index contributed by atoms with van der Waals surface area (Å²) in [5, 5.41) is 12.4. The Balaban J connectivity index is 1.68. The van der Waals surface area contributed by atoms with Crippen LogP contribution in [0.15, 0.2) is 61.0 Å². The highest BCUT2D eigenvalue weighted by atomic mass is 32.1. The number of rotatable bonds is 14. The average molecular weight is 487 g/mol. The average Bonchev–Trinajstić information content (AvgIpc) is 3.32. The molecule has 1 aliphatic heterocycles. The van der Waals surface area contributed by atoms with Crippen molar-refractivity contribution in [1.82, 2.24) is 9.80 Å². The Morgan fingerprint density at radius 2 is 2.15 bits per heavy atom. The van der Waals surface area contributed by atoms with Gasteiger partial charge in [-0.25, -0.2) is 0 Å². The normalized spacial score (nSPS) is 16.1. The van der Waals surface area contributed by atoms with E-state index in [0.29, 0.717) is 38.6 Å². The van der Waals surface area contributed by atoms with Gasteiger partial charge in [-0.1, -0.05) is 18.2 Å². The number of hydrogen-bond acceptors (Lipinski definition) is 7. The molecule has 0 aliphatic carbocycles. The smallest absolute Gasteiger partial charge is 0.237 e. The number of thiophene rings is 1. The summed E-state index contributed by atoms with van der Waals surface area (Å²) in [5.74, 6) is 1.42. The fourth-order valence-corrected chi connectivity index (χ4v) is 4.98. The first-order valence-corrected chi connectivity index (χ1v) is 12.3. The molecule has 0 unspecified atom stereocenters. The minimum atomic E-state index is -0.704. The number of nitrogens with zero attached hydrogens (tertiary/aromatic N) is 2. The summed E-state index contributed by atoms with van der Waals surface area (Å²) < 4.78 is 16.7. The molecule has 0 radical (unpaired) electrons. The SMILES string of the molecule is C=CCOC[C@@H](O)CN(CC=C)CC(=O)N1CCc2sccc2[C@@H]1COc1cccc(OC)c1. The van der Waals surface area contributed by atoms with E-state index in [1.54, 1.807) is 30.6 Å². The molecule has 1 N–H and O–H groups in total. The standard InChI is InChI=1S/C26H34N2O5S/c1-4-11-27(16-20(29)18-32-13-5-2)17-26(30)28-12-9-25-23(10-14-34-25)24(28)19-33-22-8-6-7-21(15-22)31-3/h4-8,10,14-15,20,24,29H,1-2,9,11-13,16-19H2,3H3/t20-,24-/m0/s1. The zero-order chi connectivity index (χ0) is 24.3. The van der Waals surface area contributed by atoms with Gasteiger partial charge >= 0.3 is 0 Å². The van der Waals surface area contributed by atoms with Crippen LogP contribution in [-0.4, -0.2) is 80.0 Å². The highest BCUT2D eigenvalue weighted by Gasteiger charge is 2.33. The number of ether oxygens (including phenoxy) is 3. The van der Waals surface area contributed by atoms with E-state index in [4.69, 9.17) is 14.2 Å². The maximum absolute atomic E-state index is 13.4. The minimum absolute atomic E-state index is 0.00264. The highest BCUT2D eigenvalue weighted by molar-refractivity contribution is 7.10. The lowest BCUT2D eigenvalue weighted by atomic mass is 10.0. The lowest BCUT2D eigenvalue weighted by Crippen LogP contribution is -2.48. The number of aliphatic hydroxyl groups excluding tert-OH is 1. The number of fused-ring (bicyclic) bond motifs is 1. The molecule has 0 spiro atoms. The highest BCUT2D eigenvalue weighted by Crippen LogP contribution is 2.34. The largest absolute Gasteiger partial charge is 0.497 e. The van der Waals surface area contributed by atoms with E-state index >= 15 is 0 Å². The second kappa shape index (κ2) is 13.3. The van der Waals surface area contributed by atoms with E-state index in [1.807, 2.05) is 34.1 Å². The number of carbonyl (C=O) groups is 1. The third kappa shape index (κ3) is 7.17. The molecule has 2 heterocycles. The van der Waals surface area contributed by atoms with Crippen molar-refractivity contribution < 1.29 is 24.1 Å². The molecular weight excluding hydrogens is 452 g/mol. The Kier molecular flexibility index (Phi) is 10.2. The monoisotopic (exact) mass is 486 g/mol. The van der Waals surface area contributed by atoms with E-state index in [1.165, 1.54) is 4.88 Å². The zero-order valence-electron chi connectivity index (χ0n) is 19.7. The Bertz CT molecular complexity index is 947. The molecule has 0 fully saturated rings. The van der Waals surface area contributed by atoms with Gasteiger partial charge in [0.15, 0.2) is 0 Å². The molecule has 3 rings (SSSR count). The second-order valence-corrected chi connectivity index (χ2v) is 9.11. The third-order valence-corrected chi connectivity index (χ3v) is 6.62. The van der Waals surface area contributed by atoms with Gasteiger partial charge in [-0.2, -0.15) is 0 Å². The minimum Gasteiger partial charge on any atom is -0.497 e. The molecule has 2 atom stereocenters. The van der Waals surface area contributed by atoms with Crippen LogP contribution < -0.4 is 9.47 Å². The fourth-order valence-electron chi connectivity index (χ4n) is 4.05. The van der Waals surface area contributed by atoms with Gasteiger partial charge in [0.25, 0.3) is 0 Å². The van der Waals surface area contributed by atoms with Crippen LogP contribution in [0.5, 0.6) is 11.5 Å². The quantitative estimate of drug-likeness (QED) is 0.326. The predicted molar refractivity (Wildman–Crippen MR) is 135 cm³/mol. The van der Waals surface area contributed by atoms with Gasteiger partial charge in [0, 0.05) is 30.6 Å². The summed E-state index contributed by atoms with van der Waals surface area (Å²) in [6.07, 6.45) is 3.50.